The minimum atomic E-state index is -0.695. The maximum atomic E-state index is 13.2. The van der Waals surface area contributed by atoms with Crippen molar-refractivity contribution in [3.8, 4) is 5.75 Å². The summed E-state index contributed by atoms with van der Waals surface area (Å²) in [6.07, 6.45) is 1.58. The summed E-state index contributed by atoms with van der Waals surface area (Å²) in [5.41, 5.74) is 1.55. The zero-order valence-electron chi connectivity index (χ0n) is 11.0. The molecule has 2 atom stereocenters. The van der Waals surface area contributed by atoms with Gasteiger partial charge in [0, 0.05) is 16.9 Å². The second-order valence-corrected chi connectivity index (χ2v) is 5.69. The van der Waals surface area contributed by atoms with Crippen LogP contribution in [0.15, 0.2) is 47.4 Å². The normalized spacial score (nSPS) is 21.1. The molecular formula is C16H15FO2S. The van der Waals surface area contributed by atoms with Crippen LogP contribution in [0.1, 0.15) is 29.8 Å². The van der Waals surface area contributed by atoms with Crippen LogP contribution in [0.25, 0.3) is 0 Å². The van der Waals surface area contributed by atoms with Crippen LogP contribution in [0.5, 0.6) is 5.75 Å². The fourth-order valence-corrected chi connectivity index (χ4v) is 2.85. The molecule has 4 heteroatoms. The van der Waals surface area contributed by atoms with Crippen molar-refractivity contribution < 1.29 is 14.2 Å². The third-order valence-electron chi connectivity index (χ3n) is 3.52. The maximum absolute atomic E-state index is 13.2. The van der Waals surface area contributed by atoms with Gasteiger partial charge in [0.15, 0.2) is 0 Å². The largest absolute Gasteiger partial charge is 0.485 e. The second-order valence-electron chi connectivity index (χ2n) is 4.81. The number of aliphatic hydroxyl groups is 1. The molecule has 3 rings (SSSR count). The van der Waals surface area contributed by atoms with Crippen LogP contribution in [0, 0.1) is 5.82 Å². The summed E-state index contributed by atoms with van der Waals surface area (Å²) in [5.74, 6) is 0.207. The van der Waals surface area contributed by atoms with Gasteiger partial charge in [0.05, 0.1) is 6.10 Å². The van der Waals surface area contributed by atoms with Crippen molar-refractivity contribution in [2.45, 2.75) is 23.5 Å². The summed E-state index contributed by atoms with van der Waals surface area (Å²) < 4.78 is 19.1. The molecule has 0 saturated carbocycles. The number of fused-ring (bicyclic) bond motifs is 1. The van der Waals surface area contributed by atoms with Crippen LogP contribution >= 0.6 is 11.8 Å². The first-order valence-corrected chi connectivity index (χ1v) is 7.68. The molecule has 0 spiro atoms. The summed E-state index contributed by atoms with van der Waals surface area (Å²) in [4.78, 5) is 1.19. The zero-order valence-corrected chi connectivity index (χ0v) is 11.9. The first-order chi connectivity index (χ1) is 9.67. The average Bonchev–Trinajstić information content (AvgIpc) is 2.48. The molecule has 0 saturated heterocycles. The van der Waals surface area contributed by atoms with Crippen LogP contribution in [0.2, 0.25) is 0 Å². The lowest BCUT2D eigenvalue weighted by Crippen LogP contribution is -2.19. The Morgan fingerprint density at radius 2 is 1.95 bits per heavy atom. The van der Waals surface area contributed by atoms with Crippen molar-refractivity contribution in [3.63, 3.8) is 0 Å². The van der Waals surface area contributed by atoms with Crippen molar-refractivity contribution in [1.29, 1.82) is 0 Å². The van der Waals surface area contributed by atoms with E-state index in [1.165, 1.54) is 17.0 Å². The highest BCUT2D eigenvalue weighted by atomic mass is 32.2. The monoisotopic (exact) mass is 290 g/mol. The smallest absolute Gasteiger partial charge is 0.127 e. The molecule has 0 aromatic heterocycles. The van der Waals surface area contributed by atoms with E-state index in [-0.39, 0.29) is 11.9 Å². The molecule has 2 nitrogen and oxygen atoms in total. The van der Waals surface area contributed by atoms with E-state index >= 15 is 0 Å². The summed E-state index contributed by atoms with van der Waals surface area (Å²) in [7, 11) is 0. The quantitative estimate of drug-likeness (QED) is 0.844. The molecule has 1 unspecified atom stereocenters. The minimum Gasteiger partial charge on any atom is -0.485 e. The first kappa shape index (κ1) is 13.5. The number of halogens is 1. The highest BCUT2D eigenvalue weighted by Crippen LogP contribution is 2.41. The van der Waals surface area contributed by atoms with Gasteiger partial charge in [-0.05, 0) is 42.2 Å². The molecule has 1 aliphatic rings. The molecule has 1 N–H and O–H groups in total. The Hall–Kier alpha value is -1.52. The molecule has 2 aromatic rings. The van der Waals surface area contributed by atoms with Gasteiger partial charge in [-0.25, -0.2) is 4.39 Å². The molecule has 1 aliphatic heterocycles. The van der Waals surface area contributed by atoms with Crippen molar-refractivity contribution in [1.82, 2.24) is 0 Å². The van der Waals surface area contributed by atoms with Crippen LogP contribution in [0.4, 0.5) is 4.39 Å². The Morgan fingerprint density at radius 3 is 2.65 bits per heavy atom. The molecule has 2 aromatic carbocycles. The predicted molar refractivity (Wildman–Crippen MR) is 77.6 cm³/mol. The standard InChI is InChI=1S/C16H15FO2S/c1-20-12-5-2-10(3-6-12)16-9-14(18)13-8-11(17)4-7-15(13)19-16/h2-8,14,16,18H,9H2,1H3/t14-,16?/m0/s1. The van der Waals surface area contributed by atoms with Gasteiger partial charge in [-0.1, -0.05) is 12.1 Å². The lowest BCUT2D eigenvalue weighted by atomic mass is 9.95. The van der Waals surface area contributed by atoms with Crippen molar-refractivity contribution >= 4 is 11.8 Å². The van der Waals surface area contributed by atoms with Gasteiger partial charge in [0.2, 0.25) is 0 Å². The highest BCUT2D eigenvalue weighted by Gasteiger charge is 2.28. The Labute approximate surface area is 121 Å². The maximum Gasteiger partial charge on any atom is 0.127 e. The highest BCUT2D eigenvalue weighted by molar-refractivity contribution is 7.98. The third kappa shape index (κ3) is 2.53. The van der Waals surface area contributed by atoms with Crippen LogP contribution < -0.4 is 4.74 Å². The van der Waals surface area contributed by atoms with E-state index in [1.54, 1.807) is 17.8 Å². The molecular weight excluding hydrogens is 275 g/mol. The molecule has 0 bridgehead atoms. The number of benzene rings is 2. The molecule has 0 amide bonds. The Kier molecular flexibility index (Phi) is 3.68. The van der Waals surface area contributed by atoms with E-state index in [9.17, 15) is 9.50 Å². The average molecular weight is 290 g/mol. The first-order valence-electron chi connectivity index (χ1n) is 6.45. The number of hydrogen-bond acceptors (Lipinski definition) is 3. The van der Waals surface area contributed by atoms with Gasteiger partial charge in [0.1, 0.15) is 17.7 Å². The van der Waals surface area contributed by atoms with Gasteiger partial charge in [-0.3, -0.25) is 0 Å². The Bertz CT molecular complexity index is 612. The van der Waals surface area contributed by atoms with E-state index in [0.29, 0.717) is 17.7 Å². The van der Waals surface area contributed by atoms with Crippen LogP contribution in [0.3, 0.4) is 0 Å². The summed E-state index contributed by atoms with van der Waals surface area (Å²) >= 11 is 1.68. The SMILES string of the molecule is CSc1ccc(C2C[C@H](O)c3cc(F)ccc3O2)cc1. The fraction of sp³-hybridized carbons (Fsp3) is 0.250. The van der Waals surface area contributed by atoms with E-state index in [4.69, 9.17) is 4.74 Å². The lowest BCUT2D eigenvalue weighted by Gasteiger charge is -2.30. The lowest BCUT2D eigenvalue weighted by molar-refractivity contribution is 0.0653. The molecule has 0 fully saturated rings. The van der Waals surface area contributed by atoms with Crippen LogP contribution in [-0.4, -0.2) is 11.4 Å². The van der Waals surface area contributed by atoms with Gasteiger partial charge >= 0.3 is 0 Å². The topological polar surface area (TPSA) is 29.5 Å². The van der Waals surface area contributed by atoms with Gasteiger partial charge in [0.25, 0.3) is 0 Å². The van der Waals surface area contributed by atoms with Gasteiger partial charge < -0.3 is 9.84 Å². The molecule has 1 heterocycles. The zero-order chi connectivity index (χ0) is 14.1. The predicted octanol–water partition coefficient (Wildman–Crippen LogP) is 4.10. The minimum absolute atomic E-state index is 0.195. The number of rotatable bonds is 2. The fourth-order valence-electron chi connectivity index (χ4n) is 2.44. The van der Waals surface area contributed by atoms with Gasteiger partial charge in [-0.2, -0.15) is 0 Å². The van der Waals surface area contributed by atoms with E-state index in [0.717, 1.165) is 5.56 Å². The molecule has 20 heavy (non-hydrogen) atoms. The number of thioether (sulfide) groups is 1. The van der Waals surface area contributed by atoms with E-state index in [1.807, 2.05) is 30.5 Å². The van der Waals surface area contributed by atoms with E-state index < -0.39 is 6.10 Å². The van der Waals surface area contributed by atoms with Crippen molar-refractivity contribution in [2.75, 3.05) is 6.26 Å². The third-order valence-corrected chi connectivity index (χ3v) is 4.27. The van der Waals surface area contributed by atoms with Crippen molar-refractivity contribution in [2.24, 2.45) is 0 Å². The van der Waals surface area contributed by atoms with Crippen LogP contribution in [-0.2, 0) is 0 Å². The summed E-state index contributed by atoms with van der Waals surface area (Å²) in [6.45, 7) is 0. The number of hydrogen-bond donors (Lipinski definition) is 1. The molecule has 0 aliphatic carbocycles. The summed E-state index contributed by atoms with van der Waals surface area (Å²) in [6, 6.07) is 12.4. The Morgan fingerprint density at radius 1 is 1.20 bits per heavy atom. The number of ether oxygens (including phenoxy) is 1. The second kappa shape index (κ2) is 5.46. The van der Waals surface area contributed by atoms with Crippen molar-refractivity contribution in [3.05, 3.63) is 59.4 Å². The number of aliphatic hydroxyl groups excluding tert-OH is 1. The molecule has 0 radical (unpaired) electrons. The summed E-state index contributed by atoms with van der Waals surface area (Å²) in [5, 5.41) is 10.2. The van der Waals surface area contributed by atoms with E-state index in [2.05, 4.69) is 0 Å². The van der Waals surface area contributed by atoms with Gasteiger partial charge in [-0.15, -0.1) is 11.8 Å². The molecule has 104 valence electrons. The Balaban J connectivity index is 1.88.